The van der Waals surface area contributed by atoms with E-state index in [0.717, 1.165) is 10.6 Å². The van der Waals surface area contributed by atoms with Gasteiger partial charge in [0.1, 0.15) is 16.4 Å². The largest absolute Gasteiger partial charge is 0.497 e. The molecule has 0 atom stereocenters. The van der Waals surface area contributed by atoms with Crippen molar-refractivity contribution in [1.29, 1.82) is 0 Å². The first-order valence-corrected chi connectivity index (χ1v) is 16.4. The van der Waals surface area contributed by atoms with Gasteiger partial charge >= 0.3 is 10.1 Å². The highest BCUT2D eigenvalue weighted by Gasteiger charge is 2.24. The highest BCUT2D eigenvalue weighted by molar-refractivity contribution is 7.87. The molecule has 0 bridgehead atoms. The van der Waals surface area contributed by atoms with Gasteiger partial charge in [0.2, 0.25) is 5.91 Å². The number of aromatic nitrogens is 1. The fourth-order valence-electron chi connectivity index (χ4n) is 5.11. The number of nitrogens with zero attached hydrogens (tertiary/aromatic N) is 2. The normalized spacial score (nSPS) is 11.3. The smallest absolute Gasteiger partial charge is 0.339 e. The van der Waals surface area contributed by atoms with Crippen LogP contribution in [0.4, 0.5) is 0 Å². The molecule has 0 aliphatic heterocycles. The number of hydrogen-bond donors (Lipinski definition) is 1. The summed E-state index contributed by atoms with van der Waals surface area (Å²) in [5, 5.41) is 2.32. The van der Waals surface area contributed by atoms with Crippen LogP contribution in [0.2, 0.25) is 5.02 Å². The molecule has 0 aliphatic rings. The number of rotatable bonds is 9. The van der Waals surface area contributed by atoms with E-state index < -0.39 is 21.9 Å². The van der Waals surface area contributed by atoms with E-state index in [1.54, 1.807) is 73.0 Å². The van der Waals surface area contributed by atoms with E-state index >= 15 is 0 Å². The van der Waals surface area contributed by atoms with Crippen molar-refractivity contribution >= 4 is 50.3 Å². The Kier molecular flexibility index (Phi) is 9.69. The van der Waals surface area contributed by atoms with E-state index in [2.05, 4.69) is 5.43 Å². The van der Waals surface area contributed by atoms with Gasteiger partial charge in [-0.25, -0.2) is 0 Å². The summed E-state index contributed by atoms with van der Waals surface area (Å²) in [6.07, 6.45) is -0.135. The van der Waals surface area contributed by atoms with Crippen LogP contribution in [-0.4, -0.2) is 49.4 Å². The lowest BCUT2D eigenvalue weighted by molar-refractivity contribution is -0.124. The molecule has 1 N–H and O–H groups in total. The van der Waals surface area contributed by atoms with E-state index in [-0.39, 0.29) is 35.1 Å². The van der Waals surface area contributed by atoms with Crippen LogP contribution >= 0.6 is 11.6 Å². The summed E-state index contributed by atoms with van der Waals surface area (Å²) in [4.78, 5) is 40.3. The van der Waals surface area contributed by atoms with Crippen molar-refractivity contribution in [3.63, 3.8) is 0 Å². The molecule has 0 radical (unpaired) electrons. The third-order valence-electron chi connectivity index (χ3n) is 7.61. The molecular formula is C35H32ClN3O7S. The van der Waals surface area contributed by atoms with Gasteiger partial charge in [0, 0.05) is 33.8 Å². The van der Waals surface area contributed by atoms with E-state index in [9.17, 15) is 22.8 Å². The number of nitrogens with one attached hydrogen (secondary N) is 1. The Balaban J connectivity index is 1.34. The van der Waals surface area contributed by atoms with Crippen molar-refractivity contribution in [1.82, 2.24) is 15.0 Å². The fraction of sp³-hybridized carbons (Fsp3) is 0.171. The summed E-state index contributed by atoms with van der Waals surface area (Å²) >= 11 is 6.02. The summed E-state index contributed by atoms with van der Waals surface area (Å²) in [6, 6.07) is 23.7. The van der Waals surface area contributed by atoms with Gasteiger partial charge in [-0.1, -0.05) is 29.3 Å². The molecule has 0 unspecified atom stereocenters. The van der Waals surface area contributed by atoms with Gasteiger partial charge in [0.15, 0.2) is 0 Å². The molecule has 5 aromatic rings. The summed E-state index contributed by atoms with van der Waals surface area (Å²) in [5.74, 6) is -0.685. The number of ether oxygens (including phenoxy) is 1. The molecule has 1 heterocycles. The predicted octanol–water partition coefficient (Wildman–Crippen LogP) is 6.11. The molecule has 10 nitrogen and oxygen atoms in total. The third kappa shape index (κ3) is 7.16. The Labute approximate surface area is 277 Å². The molecule has 12 heteroatoms. The summed E-state index contributed by atoms with van der Waals surface area (Å²) < 4.78 is 37.5. The number of hydrazine groups is 1. The number of fused-ring (bicyclic) bond motifs is 1. The number of aryl methyl sites for hydroxylation is 1. The van der Waals surface area contributed by atoms with E-state index in [4.69, 9.17) is 20.5 Å². The first-order valence-electron chi connectivity index (χ1n) is 14.6. The quantitative estimate of drug-likeness (QED) is 0.148. The monoisotopic (exact) mass is 673 g/mol. The molecule has 1 aromatic heterocycles. The van der Waals surface area contributed by atoms with Gasteiger partial charge in [-0.05, 0) is 105 Å². The number of benzene rings is 4. The van der Waals surface area contributed by atoms with Crippen molar-refractivity contribution in [2.24, 2.45) is 0 Å². The van der Waals surface area contributed by atoms with Gasteiger partial charge in [-0.15, -0.1) is 0 Å². The number of hydrogen-bond acceptors (Lipinski definition) is 7. The second-order valence-electron chi connectivity index (χ2n) is 10.7. The summed E-state index contributed by atoms with van der Waals surface area (Å²) in [7, 11) is -2.53. The van der Waals surface area contributed by atoms with Crippen molar-refractivity contribution < 1.29 is 31.7 Å². The molecule has 47 heavy (non-hydrogen) atoms. The maximum Gasteiger partial charge on any atom is 0.339 e. The van der Waals surface area contributed by atoms with E-state index in [1.807, 2.05) is 6.92 Å². The number of halogens is 1. The first kappa shape index (κ1) is 33.2. The highest BCUT2D eigenvalue weighted by Crippen LogP contribution is 2.31. The predicted molar refractivity (Wildman–Crippen MR) is 178 cm³/mol. The summed E-state index contributed by atoms with van der Waals surface area (Å²) in [5.41, 5.74) is 5.96. The molecular weight excluding hydrogens is 642 g/mol. The molecule has 5 rings (SSSR count). The topological polar surface area (TPSA) is 124 Å². The first-order chi connectivity index (χ1) is 22.4. The lowest BCUT2D eigenvalue weighted by atomic mass is 10.1. The van der Waals surface area contributed by atoms with Crippen molar-refractivity contribution in [2.45, 2.75) is 32.1 Å². The zero-order valence-corrected chi connectivity index (χ0v) is 27.7. The molecule has 0 fully saturated rings. The lowest BCUT2D eigenvalue weighted by Gasteiger charge is -2.22. The number of carbonyl (C=O) groups excluding carboxylic acids is 3. The number of amides is 2. The maximum absolute atomic E-state index is 13.6. The molecule has 4 aromatic carbocycles. The van der Waals surface area contributed by atoms with Gasteiger partial charge in [-0.3, -0.25) is 29.4 Å². The molecule has 0 saturated carbocycles. The van der Waals surface area contributed by atoms with Crippen LogP contribution in [0, 0.1) is 13.8 Å². The standard InChI is InChI=1S/C35H32ClN3O7S/c1-5-38(34(41)24-10-14-27(15-11-24)46-47(43,44)29-17-6-22(2)7-18-29)37-33(40)21-30-23(3)39(32-19-16-28(45-4)20-31(30)32)35(42)25-8-12-26(36)13-9-25/h6-20H,5,21H2,1-4H3,(H,37,40). The van der Waals surface area contributed by atoms with Crippen molar-refractivity contribution in [2.75, 3.05) is 13.7 Å². The van der Waals surface area contributed by atoms with Gasteiger partial charge < -0.3 is 8.92 Å². The van der Waals surface area contributed by atoms with Crippen LogP contribution in [0.15, 0.2) is 95.9 Å². The van der Waals surface area contributed by atoms with Crippen LogP contribution in [0.25, 0.3) is 10.9 Å². The van der Waals surface area contributed by atoms with Crippen molar-refractivity contribution in [3.8, 4) is 11.5 Å². The molecule has 0 spiro atoms. The zero-order chi connectivity index (χ0) is 33.9. The molecule has 0 aliphatic carbocycles. The minimum atomic E-state index is -4.06. The Morgan fingerprint density at radius 1 is 0.851 bits per heavy atom. The van der Waals surface area contributed by atoms with Gasteiger partial charge in [-0.2, -0.15) is 8.42 Å². The minimum absolute atomic E-state index is 0.00858. The second-order valence-corrected chi connectivity index (χ2v) is 12.7. The van der Waals surface area contributed by atoms with Crippen molar-refractivity contribution in [3.05, 3.63) is 124 Å². The highest BCUT2D eigenvalue weighted by atomic mass is 35.5. The Morgan fingerprint density at radius 2 is 1.47 bits per heavy atom. The number of methoxy groups -OCH3 is 1. The van der Waals surface area contributed by atoms with Crippen LogP contribution in [0.5, 0.6) is 11.5 Å². The minimum Gasteiger partial charge on any atom is -0.497 e. The fourth-order valence-corrected chi connectivity index (χ4v) is 6.16. The maximum atomic E-state index is 13.6. The van der Waals surface area contributed by atoms with Crippen LogP contribution < -0.4 is 14.3 Å². The summed E-state index contributed by atoms with van der Waals surface area (Å²) in [6.45, 7) is 5.46. The SMILES string of the molecule is CCN(NC(=O)Cc1c(C)n(C(=O)c2ccc(Cl)cc2)c2ccc(OC)cc12)C(=O)c1ccc(OS(=O)(=O)c2ccc(C)cc2)cc1. The lowest BCUT2D eigenvalue weighted by Crippen LogP contribution is -2.46. The van der Waals surface area contributed by atoms with Gasteiger partial charge in [0.25, 0.3) is 11.8 Å². The van der Waals surface area contributed by atoms with Crippen LogP contribution in [-0.2, 0) is 21.3 Å². The van der Waals surface area contributed by atoms with Crippen LogP contribution in [0.1, 0.15) is 44.5 Å². The Bertz CT molecular complexity index is 2070. The average Bonchev–Trinajstić information content (AvgIpc) is 3.33. The van der Waals surface area contributed by atoms with E-state index in [1.165, 1.54) is 43.5 Å². The second kappa shape index (κ2) is 13.7. The number of carbonyl (C=O) groups is 3. The zero-order valence-electron chi connectivity index (χ0n) is 26.1. The van der Waals surface area contributed by atoms with Gasteiger partial charge in [0.05, 0.1) is 19.0 Å². The molecule has 2 amide bonds. The molecule has 0 saturated heterocycles. The Hall–Kier alpha value is -5.13. The van der Waals surface area contributed by atoms with Crippen LogP contribution in [0.3, 0.4) is 0 Å². The third-order valence-corrected chi connectivity index (χ3v) is 9.12. The average molecular weight is 674 g/mol. The molecule has 242 valence electrons. The van der Waals surface area contributed by atoms with E-state index in [0.29, 0.717) is 38.5 Å². The Morgan fingerprint density at radius 3 is 2.09 bits per heavy atom.